The summed E-state index contributed by atoms with van der Waals surface area (Å²) in [4.78, 5) is 38.9. The number of β-lactam (4-membered cyclic amide) rings is 1. The molecule has 3 N–H and O–H groups in total. The summed E-state index contributed by atoms with van der Waals surface area (Å²) in [6.07, 6.45) is -1.30. The van der Waals surface area contributed by atoms with Gasteiger partial charge in [0.2, 0.25) is 5.91 Å². The number of nitrogens with two attached hydrogens (primary N) is 1. The number of esters is 1. The number of carbonyl (C=O) groups excluding carboxylic acids is 3. The van der Waals surface area contributed by atoms with Crippen LogP contribution in [0.2, 0.25) is 0 Å². The number of hydrogen-bond donors (Lipinski definition) is 2. The van der Waals surface area contributed by atoms with Crippen molar-refractivity contribution in [2.45, 2.75) is 17.5 Å². The maximum absolute atomic E-state index is 13.4. The van der Waals surface area contributed by atoms with Crippen LogP contribution in [0.25, 0.3) is 0 Å². The van der Waals surface area contributed by atoms with Gasteiger partial charge in [-0.25, -0.2) is 9.59 Å². The summed E-state index contributed by atoms with van der Waals surface area (Å²) in [6, 6.07) is 18.1. The molecule has 0 aliphatic carbocycles. The monoisotopic (exact) mass is 453 g/mol. The number of nitrogens with one attached hydrogen (secondary N) is 1. The predicted octanol–water partition coefficient (Wildman–Crippen LogP) is 2.17. The topological polar surface area (TPSA) is 111 Å². The van der Waals surface area contributed by atoms with Gasteiger partial charge in [0, 0.05) is 18.4 Å². The van der Waals surface area contributed by atoms with Crippen molar-refractivity contribution in [3.8, 4) is 0 Å². The van der Waals surface area contributed by atoms with Crippen LogP contribution in [0.1, 0.15) is 17.2 Å². The normalized spacial score (nSPS) is 19.8. The molecule has 2 aromatic rings. The summed E-state index contributed by atoms with van der Waals surface area (Å²) in [5.41, 5.74) is 8.12. The predicted molar refractivity (Wildman–Crippen MR) is 119 cm³/mol. The molecule has 0 saturated carbocycles. The summed E-state index contributed by atoms with van der Waals surface area (Å²) in [6.45, 7) is -0.135. The van der Waals surface area contributed by atoms with Crippen molar-refractivity contribution in [1.29, 1.82) is 0 Å². The molecule has 0 spiro atoms. The van der Waals surface area contributed by atoms with Gasteiger partial charge in [0.05, 0.1) is 0 Å². The van der Waals surface area contributed by atoms with Crippen molar-refractivity contribution in [1.82, 2.24) is 10.2 Å². The fraction of sp³-hybridized carbons (Fsp3) is 0.261. The van der Waals surface area contributed by atoms with E-state index < -0.39 is 24.2 Å². The summed E-state index contributed by atoms with van der Waals surface area (Å²) in [5, 5.41) is 2.02. The van der Waals surface area contributed by atoms with Crippen LogP contribution in [0.3, 0.4) is 0 Å². The second-order valence-corrected chi connectivity index (χ2v) is 8.43. The third kappa shape index (κ3) is 4.21. The molecule has 2 heterocycles. The molecule has 0 radical (unpaired) electrons. The van der Waals surface area contributed by atoms with Gasteiger partial charge < -0.3 is 20.5 Å². The maximum atomic E-state index is 13.4. The van der Waals surface area contributed by atoms with Crippen molar-refractivity contribution >= 4 is 29.7 Å². The Bertz CT molecular complexity index is 1000. The largest absolute Gasteiger partial charge is 0.448 e. The zero-order valence-electron chi connectivity index (χ0n) is 17.4. The molecular formula is C23H23N3O5S. The molecule has 166 valence electrons. The van der Waals surface area contributed by atoms with Crippen LogP contribution >= 0.6 is 11.8 Å². The number of hydrogen-bond acceptors (Lipinski definition) is 7. The van der Waals surface area contributed by atoms with Gasteiger partial charge in [0.1, 0.15) is 23.7 Å². The van der Waals surface area contributed by atoms with Crippen molar-refractivity contribution in [2.24, 2.45) is 5.73 Å². The van der Waals surface area contributed by atoms with Crippen molar-refractivity contribution in [2.75, 3.05) is 19.4 Å². The Labute approximate surface area is 189 Å². The summed E-state index contributed by atoms with van der Waals surface area (Å²) >= 11 is 1.43. The lowest BCUT2D eigenvalue weighted by molar-refractivity contribution is -0.153. The molecule has 2 atom stereocenters. The minimum Gasteiger partial charge on any atom is -0.448 e. The Hall–Kier alpha value is -3.30. The first-order chi connectivity index (χ1) is 15.5. The highest BCUT2D eigenvalue weighted by molar-refractivity contribution is 8.00. The third-order valence-electron chi connectivity index (χ3n) is 5.29. The fourth-order valence-corrected chi connectivity index (χ4v) is 4.93. The summed E-state index contributed by atoms with van der Waals surface area (Å²) in [7, 11) is 1.44. The van der Waals surface area contributed by atoms with Gasteiger partial charge in [-0.2, -0.15) is 0 Å². The molecule has 32 heavy (non-hydrogen) atoms. The molecule has 2 aliphatic rings. The Kier molecular flexibility index (Phi) is 6.48. The molecule has 4 rings (SSSR count). The Balaban J connectivity index is 1.67. The number of carbonyl (C=O) groups is 3. The maximum Gasteiger partial charge on any atom is 0.407 e. The molecular weight excluding hydrogens is 430 g/mol. The van der Waals surface area contributed by atoms with Crippen LogP contribution < -0.4 is 11.1 Å². The molecule has 8 nitrogen and oxygen atoms in total. The first kappa shape index (κ1) is 21.9. The highest BCUT2D eigenvalue weighted by Crippen LogP contribution is 2.40. The van der Waals surface area contributed by atoms with E-state index in [4.69, 9.17) is 15.2 Å². The van der Waals surface area contributed by atoms with Crippen molar-refractivity contribution in [3.05, 3.63) is 83.1 Å². The first-order valence-electron chi connectivity index (χ1n) is 10.1. The molecule has 2 amide bonds. The lowest BCUT2D eigenvalue weighted by Gasteiger charge is -2.48. The fourth-order valence-electron chi connectivity index (χ4n) is 3.65. The SMILES string of the molecule is CNC(=O)OCC1=C(C(=O)OC(c2ccccc2)c2ccccc2)N2C(=O)[C@@H](N)[C@H]2SC1. The highest BCUT2D eigenvalue weighted by Gasteiger charge is 2.52. The van der Waals surface area contributed by atoms with E-state index >= 15 is 0 Å². The smallest absolute Gasteiger partial charge is 0.407 e. The van der Waals surface area contributed by atoms with Crippen LogP contribution in [0.5, 0.6) is 0 Å². The van der Waals surface area contributed by atoms with E-state index in [2.05, 4.69) is 5.32 Å². The van der Waals surface area contributed by atoms with E-state index in [-0.39, 0.29) is 23.6 Å². The first-order valence-corrected chi connectivity index (χ1v) is 11.1. The number of amides is 2. The minimum absolute atomic E-state index is 0.0983. The lowest BCUT2D eigenvalue weighted by atomic mass is 10.0. The molecule has 1 saturated heterocycles. The lowest BCUT2D eigenvalue weighted by Crippen LogP contribution is -2.68. The van der Waals surface area contributed by atoms with Crippen LogP contribution in [-0.4, -0.2) is 53.7 Å². The molecule has 0 unspecified atom stereocenters. The van der Waals surface area contributed by atoms with Gasteiger partial charge in [0.15, 0.2) is 6.10 Å². The van der Waals surface area contributed by atoms with E-state index in [0.717, 1.165) is 11.1 Å². The molecule has 0 aromatic heterocycles. The number of alkyl carbamates (subject to hydrolysis) is 1. The van der Waals surface area contributed by atoms with Gasteiger partial charge >= 0.3 is 12.1 Å². The second kappa shape index (κ2) is 9.46. The van der Waals surface area contributed by atoms with Crippen molar-refractivity contribution < 1.29 is 23.9 Å². The zero-order valence-corrected chi connectivity index (χ0v) is 18.2. The number of benzene rings is 2. The average molecular weight is 454 g/mol. The van der Waals surface area contributed by atoms with Gasteiger partial charge in [-0.1, -0.05) is 60.7 Å². The van der Waals surface area contributed by atoms with Gasteiger partial charge in [-0.3, -0.25) is 9.69 Å². The van der Waals surface area contributed by atoms with E-state index in [0.29, 0.717) is 11.3 Å². The van der Waals surface area contributed by atoms with Crippen LogP contribution in [0.4, 0.5) is 4.79 Å². The van der Waals surface area contributed by atoms with Gasteiger partial charge in [-0.05, 0) is 11.1 Å². The number of fused-ring (bicyclic) bond motifs is 1. The second-order valence-electron chi connectivity index (χ2n) is 7.32. The van der Waals surface area contributed by atoms with Crippen LogP contribution in [0.15, 0.2) is 71.9 Å². The van der Waals surface area contributed by atoms with Crippen LogP contribution in [0, 0.1) is 0 Å². The molecule has 1 fully saturated rings. The van der Waals surface area contributed by atoms with Crippen molar-refractivity contribution in [3.63, 3.8) is 0 Å². The molecule has 9 heteroatoms. The van der Waals surface area contributed by atoms with E-state index in [1.165, 1.54) is 23.7 Å². The standard InChI is InChI=1S/C23H23N3O5S/c1-25-23(29)30-12-16-13-32-21-17(24)20(27)26(21)18(16)22(28)31-19(14-8-4-2-5-9-14)15-10-6-3-7-11-15/h2-11,17,19,21H,12-13,24H2,1H3,(H,25,29)/t17-,21-/m1/s1. The molecule has 2 aliphatic heterocycles. The Morgan fingerprint density at radius 3 is 2.28 bits per heavy atom. The Morgan fingerprint density at radius 1 is 1.12 bits per heavy atom. The average Bonchev–Trinajstić information content (AvgIpc) is 2.85. The molecule has 2 aromatic carbocycles. The van der Waals surface area contributed by atoms with E-state index in [1.54, 1.807) is 0 Å². The number of rotatable bonds is 6. The Morgan fingerprint density at radius 2 is 1.72 bits per heavy atom. The zero-order chi connectivity index (χ0) is 22.7. The minimum atomic E-state index is -0.678. The quantitative estimate of drug-likeness (QED) is 0.509. The number of thioether (sulfide) groups is 1. The van der Waals surface area contributed by atoms with Gasteiger partial charge in [-0.15, -0.1) is 11.8 Å². The van der Waals surface area contributed by atoms with E-state index in [9.17, 15) is 14.4 Å². The third-order valence-corrected chi connectivity index (χ3v) is 6.65. The highest BCUT2D eigenvalue weighted by atomic mass is 32.2. The number of ether oxygens (including phenoxy) is 2. The molecule has 0 bridgehead atoms. The number of nitrogens with zero attached hydrogens (tertiary/aromatic N) is 1. The van der Waals surface area contributed by atoms with Gasteiger partial charge in [0.25, 0.3) is 0 Å². The van der Waals surface area contributed by atoms with E-state index in [1.807, 2.05) is 60.7 Å². The van der Waals surface area contributed by atoms with Crippen LogP contribution in [-0.2, 0) is 19.1 Å². The summed E-state index contributed by atoms with van der Waals surface area (Å²) < 4.78 is 11.1. The summed E-state index contributed by atoms with van der Waals surface area (Å²) in [5.74, 6) is -0.628.